The lowest BCUT2D eigenvalue weighted by Crippen LogP contribution is -2.48. The molecule has 8 heteroatoms. The van der Waals surface area contributed by atoms with Crippen molar-refractivity contribution < 1.29 is 13.9 Å². The van der Waals surface area contributed by atoms with Crippen LogP contribution in [0.25, 0.3) is 0 Å². The summed E-state index contributed by atoms with van der Waals surface area (Å²) in [6, 6.07) is 13.9. The molecule has 1 aliphatic heterocycles. The van der Waals surface area contributed by atoms with E-state index in [0.717, 1.165) is 30.0 Å². The number of carbonyl (C=O) groups excluding carboxylic acids is 1. The maximum Gasteiger partial charge on any atom is 0.254 e. The molecule has 6 nitrogen and oxygen atoms in total. The third-order valence-electron chi connectivity index (χ3n) is 5.16. The number of benzene rings is 2. The lowest BCUT2D eigenvalue weighted by Gasteiger charge is -2.34. The number of piperazine rings is 1. The normalized spacial score (nSPS) is 14.7. The summed E-state index contributed by atoms with van der Waals surface area (Å²) in [5.41, 5.74) is 3.24. The predicted molar refractivity (Wildman–Crippen MR) is 113 cm³/mol. The molecule has 1 fully saturated rings. The SMILES string of the molecule is Cc1nsnc1COc1cccc(C(=O)N2CCN(Cc3cccc(F)c3)CC2)c1. The number of rotatable bonds is 6. The molecule has 1 amide bonds. The molecule has 0 N–H and O–H groups in total. The first kappa shape index (κ1) is 20.4. The third kappa shape index (κ3) is 5.01. The van der Waals surface area contributed by atoms with Crippen LogP contribution in [0.4, 0.5) is 4.39 Å². The highest BCUT2D eigenvalue weighted by atomic mass is 32.1. The molecule has 0 bridgehead atoms. The Morgan fingerprint density at radius 3 is 2.63 bits per heavy atom. The van der Waals surface area contributed by atoms with Crippen molar-refractivity contribution in [2.75, 3.05) is 26.2 Å². The number of hydrogen-bond donors (Lipinski definition) is 0. The maximum atomic E-state index is 13.4. The van der Waals surface area contributed by atoms with Gasteiger partial charge in [-0.05, 0) is 42.8 Å². The Kier molecular flexibility index (Phi) is 6.35. The Morgan fingerprint density at radius 1 is 1.10 bits per heavy atom. The number of ether oxygens (including phenoxy) is 1. The molecule has 0 aliphatic carbocycles. The second-order valence-electron chi connectivity index (χ2n) is 7.31. The zero-order valence-electron chi connectivity index (χ0n) is 16.8. The van der Waals surface area contributed by atoms with Gasteiger partial charge in [-0.3, -0.25) is 9.69 Å². The minimum absolute atomic E-state index is 0.00244. The summed E-state index contributed by atoms with van der Waals surface area (Å²) in [6.07, 6.45) is 0. The minimum Gasteiger partial charge on any atom is -0.487 e. The number of aryl methyl sites for hydroxylation is 1. The highest BCUT2D eigenvalue weighted by molar-refractivity contribution is 6.99. The number of hydrogen-bond acceptors (Lipinski definition) is 6. The van der Waals surface area contributed by atoms with E-state index in [1.807, 2.05) is 36.1 Å². The van der Waals surface area contributed by atoms with Crippen molar-refractivity contribution in [3.8, 4) is 5.75 Å². The number of carbonyl (C=O) groups is 1. The summed E-state index contributed by atoms with van der Waals surface area (Å²) in [5, 5.41) is 0. The Morgan fingerprint density at radius 2 is 1.90 bits per heavy atom. The van der Waals surface area contributed by atoms with Crippen LogP contribution < -0.4 is 4.74 Å². The van der Waals surface area contributed by atoms with Crippen LogP contribution in [0, 0.1) is 12.7 Å². The number of nitrogens with zero attached hydrogens (tertiary/aromatic N) is 4. The van der Waals surface area contributed by atoms with Gasteiger partial charge in [-0.1, -0.05) is 18.2 Å². The largest absolute Gasteiger partial charge is 0.487 e. The molecular weight excluding hydrogens is 403 g/mol. The van der Waals surface area contributed by atoms with Crippen molar-refractivity contribution in [2.24, 2.45) is 0 Å². The highest BCUT2D eigenvalue weighted by Gasteiger charge is 2.22. The minimum atomic E-state index is -0.218. The number of halogens is 1. The van der Waals surface area contributed by atoms with E-state index in [2.05, 4.69) is 13.6 Å². The van der Waals surface area contributed by atoms with E-state index in [1.165, 1.54) is 17.8 Å². The molecule has 0 saturated carbocycles. The van der Waals surface area contributed by atoms with Crippen LogP contribution in [0.3, 0.4) is 0 Å². The molecule has 3 aromatic rings. The molecule has 30 heavy (non-hydrogen) atoms. The van der Waals surface area contributed by atoms with Crippen molar-refractivity contribution in [2.45, 2.75) is 20.1 Å². The standard InChI is InChI=1S/C22H23FN4O2S/c1-16-21(25-30-24-16)15-29-20-7-3-5-18(13-20)22(28)27-10-8-26(9-11-27)14-17-4-2-6-19(23)12-17/h2-7,12-13H,8-11,14-15H2,1H3. The summed E-state index contributed by atoms with van der Waals surface area (Å²) in [6.45, 7) is 5.72. The molecule has 2 aromatic carbocycles. The fraction of sp³-hybridized carbons (Fsp3) is 0.318. The number of amides is 1. The van der Waals surface area contributed by atoms with Crippen LogP contribution in [-0.2, 0) is 13.2 Å². The zero-order chi connectivity index (χ0) is 20.9. The van der Waals surface area contributed by atoms with Crippen LogP contribution in [0.2, 0.25) is 0 Å². The van der Waals surface area contributed by atoms with Crippen molar-refractivity contribution in [1.82, 2.24) is 18.5 Å². The van der Waals surface area contributed by atoms with Gasteiger partial charge in [0.2, 0.25) is 0 Å². The third-order valence-corrected chi connectivity index (χ3v) is 5.82. The molecule has 1 aromatic heterocycles. The van der Waals surface area contributed by atoms with Crippen molar-refractivity contribution in [3.05, 3.63) is 76.9 Å². The Balaban J connectivity index is 1.32. The zero-order valence-corrected chi connectivity index (χ0v) is 17.6. The monoisotopic (exact) mass is 426 g/mol. The molecule has 2 heterocycles. The first-order chi connectivity index (χ1) is 14.6. The molecule has 1 saturated heterocycles. The van der Waals surface area contributed by atoms with Crippen molar-refractivity contribution in [3.63, 3.8) is 0 Å². The van der Waals surface area contributed by atoms with Crippen LogP contribution in [0.15, 0.2) is 48.5 Å². The van der Waals surface area contributed by atoms with Crippen LogP contribution in [0.5, 0.6) is 5.75 Å². The maximum absolute atomic E-state index is 13.4. The van der Waals surface area contributed by atoms with Gasteiger partial charge in [-0.25, -0.2) is 4.39 Å². The van der Waals surface area contributed by atoms with Gasteiger partial charge >= 0.3 is 0 Å². The lowest BCUT2D eigenvalue weighted by molar-refractivity contribution is 0.0628. The van der Waals surface area contributed by atoms with E-state index in [0.29, 0.717) is 37.6 Å². The van der Waals surface area contributed by atoms with Crippen molar-refractivity contribution >= 4 is 17.6 Å². The molecular formula is C22H23FN4O2S. The Hall–Kier alpha value is -2.84. The summed E-state index contributed by atoms with van der Waals surface area (Å²) in [5.74, 6) is 0.417. The van der Waals surface area contributed by atoms with E-state index in [-0.39, 0.29) is 11.7 Å². The summed E-state index contributed by atoms with van der Waals surface area (Å²) in [4.78, 5) is 17.0. The van der Waals surface area contributed by atoms with E-state index >= 15 is 0 Å². The van der Waals surface area contributed by atoms with Gasteiger partial charge in [-0.2, -0.15) is 8.75 Å². The summed E-state index contributed by atoms with van der Waals surface area (Å²) >= 11 is 1.17. The van der Waals surface area contributed by atoms with Gasteiger partial charge in [0.15, 0.2) is 0 Å². The van der Waals surface area contributed by atoms with Gasteiger partial charge < -0.3 is 9.64 Å². The van der Waals surface area contributed by atoms with Crippen molar-refractivity contribution in [1.29, 1.82) is 0 Å². The van der Waals surface area contributed by atoms with E-state index < -0.39 is 0 Å². The first-order valence-electron chi connectivity index (χ1n) is 9.85. The Labute approximate surface area is 179 Å². The fourth-order valence-electron chi connectivity index (χ4n) is 3.44. The molecule has 1 aliphatic rings. The van der Waals surface area contributed by atoms with Crippen LogP contribution in [-0.4, -0.2) is 50.6 Å². The first-order valence-corrected chi connectivity index (χ1v) is 10.6. The van der Waals surface area contributed by atoms with E-state index in [1.54, 1.807) is 18.2 Å². The van der Waals surface area contributed by atoms with E-state index in [9.17, 15) is 9.18 Å². The van der Waals surface area contributed by atoms with Crippen LogP contribution >= 0.6 is 11.7 Å². The summed E-state index contributed by atoms with van der Waals surface area (Å²) in [7, 11) is 0. The van der Waals surface area contributed by atoms with Gasteiger partial charge in [0, 0.05) is 38.3 Å². The lowest BCUT2D eigenvalue weighted by atomic mass is 10.1. The molecule has 156 valence electrons. The average Bonchev–Trinajstić information content (AvgIpc) is 3.17. The highest BCUT2D eigenvalue weighted by Crippen LogP contribution is 2.18. The summed E-state index contributed by atoms with van der Waals surface area (Å²) < 4.78 is 27.5. The Bertz CT molecular complexity index is 1020. The molecule has 0 spiro atoms. The second-order valence-corrected chi connectivity index (χ2v) is 7.84. The van der Waals surface area contributed by atoms with Gasteiger partial charge in [0.1, 0.15) is 23.9 Å². The average molecular weight is 427 g/mol. The molecule has 0 radical (unpaired) electrons. The predicted octanol–water partition coefficient (Wildman–Crippen LogP) is 3.52. The smallest absolute Gasteiger partial charge is 0.254 e. The quantitative estimate of drug-likeness (QED) is 0.604. The van der Waals surface area contributed by atoms with Gasteiger partial charge in [0.05, 0.1) is 17.4 Å². The second kappa shape index (κ2) is 9.32. The van der Waals surface area contributed by atoms with Gasteiger partial charge in [0.25, 0.3) is 5.91 Å². The number of aromatic nitrogens is 2. The molecule has 0 atom stereocenters. The topological polar surface area (TPSA) is 58.6 Å². The van der Waals surface area contributed by atoms with E-state index in [4.69, 9.17) is 4.74 Å². The van der Waals surface area contributed by atoms with Gasteiger partial charge in [-0.15, -0.1) is 0 Å². The molecule has 4 rings (SSSR count). The van der Waals surface area contributed by atoms with Crippen LogP contribution in [0.1, 0.15) is 27.3 Å². The molecule has 0 unspecified atom stereocenters. The fourth-order valence-corrected chi connectivity index (χ4v) is 3.99.